The number of alkyl halides is 2. The van der Waals surface area contributed by atoms with Crippen LogP contribution in [-0.4, -0.2) is 5.78 Å². The van der Waals surface area contributed by atoms with E-state index in [1.807, 2.05) is 0 Å². The summed E-state index contributed by atoms with van der Waals surface area (Å²) in [4.78, 5) is 11.6. The zero-order chi connectivity index (χ0) is 12.5. The van der Waals surface area contributed by atoms with Gasteiger partial charge in [-0.05, 0) is 24.3 Å². The molecule has 0 atom stereocenters. The molecule has 0 bridgehead atoms. The Hall–Kier alpha value is -1.68. The van der Waals surface area contributed by atoms with Gasteiger partial charge in [0.05, 0.1) is 6.26 Å². The first-order valence-corrected chi connectivity index (χ1v) is 5.12. The third kappa shape index (κ3) is 2.22. The first-order chi connectivity index (χ1) is 8.01. The van der Waals surface area contributed by atoms with E-state index in [1.165, 1.54) is 30.5 Å². The molecule has 1 aromatic heterocycles. The van der Waals surface area contributed by atoms with E-state index in [9.17, 15) is 13.6 Å². The molecule has 17 heavy (non-hydrogen) atoms. The Morgan fingerprint density at radius 1 is 1.24 bits per heavy atom. The maximum Gasteiger partial charge on any atom is 0.338 e. The van der Waals surface area contributed by atoms with E-state index in [-0.39, 0.29) is 10.8 Å². The van der Waals surface area contributed by atoms with Crippen LogP contribution in [0.25, 0.3) is 0 Å². The first-order valence-electron chi connectivity index (χ1n) is 4.74. The summed E-state index contributed by atoms with van der Waals surface area (Å²) < 4.78 is 32.3. The molecule has 2 aromatic rings. The minimum Gasteiger partial charge on any atom is -0.461 e. The molecule has 2 nitrogen and oxygen atoms in total. The summed E-state index contributed by atoms with van der Waals surface area (Å²) in [6.07, 6.45) is 1.17. The summed E-state index contributed by atoms with van der Waals surface area (Å²) in [6.45, 7) is 0. The lowest BCUT2D eigenvalue weighted by molar-refractivity contribution is 0.00491. The average Bonchev–Trinajstić information content (AvgIpc) is 2.81. The number of carbonyl (C=O) groups excluding carboxylic acids is 1. The van der Waals surface area contributed by atoms with Crippen LogP contribution in [-0.2, 0) is 5.92 Å². The van der Waals surface area contributed by atoms with Gasteiger partial charge >= 0.3 is 5.92 Å². The largest absolute Gasteiger partial charge is 0.461 e. The molecule has 0 saturated heterocycles. The molecule has 0 saturated carbocycles. The highest BCUT2D eigenvalue weighted by molar-refractivity contribution is 6.30. The summed E-state index contributed by atoms with van der Waals surface area (Å²) in [5, 5.41) is 0.148. The monoisotopic (exact) mass is 256 g/mol. The molecule has 0 aliphatic heterocycles. The predicted octanol–water partition coefficient (Wildman–Crippen LogP) is 3.91. The Balaban J connectivity index is 2.39. The molecule has 88 valence electrons. The highest BCUT2D eigenvalue weighted by atomic mass is 35.5. The van der Waals surface area contributed by atoms with Crippen LogP contribution in [0.5, 0.6) is 0 Å². The van der Waals surface area contributed by atoms with Crippen molar-refractivity contribution in [1.82, 2.24) is 0 Å². The lowest BCUT2D eigenvalue weighted by Crippen LogP contribution is -2.25. The van der Waals surface area contributed by atoms with E-state index in [0.29, 0.717) is 0 Å². The molecule has 0 radical (unpaired) electrons. The van der Waals surface area contributed by atoms with Crippen molar-refractivity contribution >= 4 is 17.4 Å². The number of halogens is 3. The Kier molecular flexibility index (Phi) is 2.98. The van der Waals surface area contributed by atoms with E-state index < -0.39 is 17.3 Å². The quantitative estimate of drug-likeness (QED) is 0.780. The smallest absolute Gasteiger partial charge is 0.338 e. The molecular formula is C12H7ClF2O2. The molecule has 0 aliphatic carbocycles. The Morgan fingerprint density at radius 3 is 2.59 bits per heavy atom. The Bertz CT molecular complexity index is 535. The zero-order valence-electron chi connectivity index (χ0n) is 8.49. The summed E-state index contributed by atoms with van der Waals surface area (Å²) in [5.74, 6) is -5.41. The van der Waals surface area contributed by atoms with E-state index in [0.717, 1.165) is 12.1 Å². The second-order valence-electron chi connectivity index (χ2n) is 3.39. The molecule has 0 aliphatic rings. The third-order valence-electron chi connectivity index (χ3n) is 2.22. The Morgan fingerprint density at radius 2 is 2.00 bits per heavy atom. The SMILES string of the molecule is O=C(c1ccco1)C(F)(F)c1cccc(Cl)c1. The summed E-state index contributed by atoms with van der Waals surface area (Å²) >= 11 is 5.61. The molecule has 2 rings (SSSR count). The van der Waals surface area contributed by atoms with Crippen molar-refractivity contribution in [3.05, 3.63) is 59.0 Å². The fourth-order valence-electron chi connectivity index (χ4n) is 1.38. The van der Waals surface area contributed by atoms with Gasteiger partial charge in [0, 0.05) is 10.6 Å². The molecule has 0 fully saturated rings. The lowest BCUT2D eigenvalue weighted by Gasteiger charge is -2.13. The van der Waals surface area contributed by atoms with Gasteiger partial charge in [-0.3, -0.25) is 4.79 Å². The van der Waals surface area contributed by atoms with Crippen LogP contribution < -0.4 is 0 Å². The molecule has 0 N–H and O–H groups in total. The molecule has 1 aromatic carbocycles. The van der Waals surface area contributed by atoms with Gasteiger partial charge in [0.25, 0.3) is 5.78 Å². The number of hydrogen-bond acceptors (Lipinski definition) is 2. The maximum atomic E-state index is 13.8. The first kappa shape index (κ1) is 11.8. The normalized spacial score (nSPS) is 11.5. The van der Waals surface area contributed by atoms with Gasteiger partial charge in [-0.1, -0.05) is 23.7 Å². The number of hydrogen-bond donors (Lipinski definition) is 0. The van der Waals surface area contributed by atoms with Gasteiger partial charge in [0.15, 0.2) is 5.76 Å². The van der Waals surface area contributed by atoms with Crippen LogP contribution in [0.15, 0.2) is 47.1 Å². The lowest BCUT2D eigenvalue weighted by atomic mass is 10.0. The number of carbonyl (C=O) groups is 1. The van der Waals surface area contributed by atoms with Crippen LogP contribution in [0.1, 0.15) is 16.1 Å². The van der Waals surface area contributed by atoms with Crippen LogP contribution in [0, 0.1) is 0 Å². The van der Waals surface area contributed by atoms with Gasteiger partial charge in [0.2, 0.25) is 0 Å². The third-order valence-corrected chi connectivity index (χ3v) is 2.45. The van der Waals surface area contributed by atoms with Gasteiger partial charge in [-0.2, -0.15) is 8.78 Å². The fraction of sp³-hybridized carbons (Fsp3) is 0.0833. The second kappa shape index (κ2) is 4.30. The molecule has 5 heteroatoms. The van der Waals surface area contributed by atoms with Gasteiger partial charge < -0.3 is 4.42 Å². The second-order valence-corrected chi connectivity index (χ2v) is 3.83. The molecule has 1 heterocycles. The van der Waals surface area contributed by atoms with Gasteiger partial charge in [-0.25, -0.2) is 0 Å². The fourth-order valence-corrected chi connectivity index (χ4v) is 1.57. The van der Waals surface area contributed by atoms with E-state index in [4.69, 9.17) is 11.6 Å². The summed E-state index contributed by atoms with van der Waals surface area (Å²) in [7, 11) is 0. The van der Waals surface area contributed by atoms with Crippen molar-refractivity contribution in [2.24, 2.45) is 0 Å². The predicted molar refractivity (Wildman–Crippen MR) is 58.4 cm³/mol. The van der Waals surface area contributed by atoms with Crippen molar-refractivity contribution in [2.45, 2.75) is 5.92 Å². The number of rotatable bonds is 3. The standard InChI is InChI=1S/C12H7ClF2O2/c13-9-4-1-3-8(7-9)12(14,15)11(16)10-5-2-6-17-10/h1-7H. The Labute approximate surface area is 101 Å². The number of ketones is 1. The minimum absolute atomic E-state index is 0.148. The maximum absolute atomic E-state index is 13.8. The van der Waals surface area contributed by atoms with Gasteiger partial charge in [-0.15, -0.1) is 0 Å². The van der Waals surface area contributed by atoms with Crippen LogP contribution in [0.3, 0.4) is 0 Å². The summed E-state index contributed by atoms with van der Waals surface area (Å²) in [6, 6.07) is 7.59. The number of Topliss-reactive ketones (excluding diaryl/α,β-unsaturated/α-hetero) is 1. The van der Waals surface area contributed by atoms with Gasteiger partial charge in [0.1, 0.15) is 0 Å². The highest BCUT2D eigenvalue weighted by Gasteiger charge is 2.42. The number of benzene rings is 1. The summed E-state index contributed by atoms with van der Waals surface area (Å²) in [5.41, 5.74) is -0.452. The average molecular weight is 257 g/mol. The molecule has 0 unspecified atom stereocenters. The highest BCUT2D eigenvalue weighted by Crippen LogP contribution is 2.33. The van der Waals surface area contributed by atoms with Crippen molar-refractivity contribution in [2.75, 3.05) is 0 Å². The van der Waals surface area contributed by atoms with Crippen molar-refractivity contribution in [3.8, 4) is 0 Å². The van der Waals surface area contributed by atoms with E-state index >= 15 is 0 Å². The van der Waals surface area contributed by atoms with Crippen LogP contribution >= 0.6 is 11.6 Å². The van der Waals surface area contributed by atoms with Crippen molar-refractivity contribution in [3.63, 3.8) is 0 Å². The van der Waals surface area contributed by atoms with Crippen molar-refractivity contribution < 1.29 is 18.0 Å². The van der Waals surface area contributed by atoms with Crippen molar-refractivity contribution in [1.29, 1.82) is 0 Å². The molecule has 0 amide bonds. The van der Waals surface area contributed by atoms with Crippen LogP contribution in [0.4, 0.5) is 8.78 Å². The topological polar surface area (TPSA) is 30.2 Å². The van der Waals surface area contributed by atoms with E-state index in [2.05, 4.69) is 4.42 Å². The number of furan rings is 1. The minimum atomic E-state index is -3.65. The van der Waals surface area contributed by atoms with E-state index in [1.54, 1.807) is 0 Å². The van der Waals surface area contributed by atoms with Crippen LogP contribution in [0.2, 0.25) is 5.02 Å². The molecule has 0 spiro atoms. The molecular weight excluding hydrogens is 250 g/mol. The zero-order valence-corrected chi connectivity index (χ0v) is 9.25.